The number of anilines is 1. The van der Waals surface area contributed by atoms with Gasteiger partial charge in [0.25, 0.3) is 0 Å². The van der Waals surface area contributed by atoms with Crippen molar-refractivity contribution in [1.29, 1.82) is 0 Å². The van der Waals surface area contributed by atoms with Crippen LogP contribution in [0.4, 0.5) is 19.1 Å². The highest BCUT2D eigenvalue weighted by atomic mass is 32.2. The monoisotopic (exact) mass is 507 g/mol. The van der Waals surface area contributed by atoms with Gasteiger partial charge in [0.15, 0.2) is 0 Å². The molecule has 0 amide bonds. The number of benzene rings is 3. The zero-order valence-corrected chi connectivity index (χ0v) is 21.0. The second kappa shape index (κ2) is 11.6. The lowest BCUT2D eigenvalue weighted by Crippen LogP contribution is -2.04. The van der Waals surface area contributed by atoms with Gasteiger partial charge in [-0.05, 0) is 95.3 Å². The van der Waals surface area contributed by atoms with Gasteiger partial charge in [-0.2, -0.15) is 13.2 Å². The third-order valence-electron chi connectivity index (χ3n) is 6.00. The molecule has 0 atom stereocenters. The van der Waals surface area contributed by atoms with E-state index >= 15 is 0 Å². The summed E-state index contributed by atoms with van der Waals surface area (Å²) in [5.41, 5.74) is 4.95. The molecule has 0 spiro atoms. The molecule has 186 valence electrons. The zero-order chi connectivity index (χ0) is 25.5. The molecule has 0 bridgehead atoms. The van der Waals surface area contributed by atoms with Gasteiger partial charge in [0.1, 0.15) is 0 Å². The minimum absolute atomic E-state index is 0.413. The van der Waals surface area contributed by atoms with Crippen LogP contribution in [-0.4, -0.2) is 9.97 Å². The normalized spacial score (nSPS) is 12.6. The zero-order valence-electron chi connectivity index (χ0n) is 20.2. The fourth-order valence-electron chi connectivity index (χ4n) is 4.00. The summed E-state index contributed by atoms with van der Waals surface area (Å²) in [6.45, 7) is 4.17. The average Bonchev–Trinajstić information content (AvgIpc) is 3.36. The van der Waals surface area contributed by atoms with E-state index in [9.17, 15) is 13.2 Å². The van der Waals surface area contributed by atoms with Crippen LogP contribution in [0, 0.1) is 0 Å². The Hall–Kier alpha value is -3.32. The standard InChI is InChI=1S/C16H15F3.C13H13N3S/c1-11(2)12-6-8-13(9-7-12)14-4-3-5-15(10-14)16(17,18)19;1-3-10-5-6-12(9-11(10)4-1)17-16-13-14-7-2-8-15-13/h3-11H,1-2H3;2,5-9H,1,3-4H2,(H,14,15,16). The molecule has 3 aromatic carbocycles. The van der Waals surface area contributed by atoms with Gasteiger partial charge in [0.05, 0.1) is 5.56 Å². The number of hydrogen-bond acceptors (Lipinski definition) is 4. The highest BCUT2D eigenvalue weighted by Crippen LogP contribution is 2.32. The molecule has 0 aliphatic heterocycles. The van der Waals surface area contributed by atoms with Crippen LogP contribution in [0.25, 0.3) is 11.1 Å². The lowest BCUT2D eigenvalue weighted by molar-refractivity contribution is -0.137. The molecule has 1 aliphatic carbocycles. The predicted molar refractivity (Wildman–Crippen MR) is 141 cm³/mol. The first-order valence-corrected chi connectivity index (χ1v) is 12.7. The van der Waals surface area contributed by atoms with E-state index in [1.165, 1.54) is 53.0 Å². The smallest absolute Gasteiger partial charge is 0.294 e. The number of aromatic nitrogens is 2. The summed E-state index contributed by atoms with van der Waals surface area (Å²) in [5, 5.41) is 0. The van der Waals surface area contributed by atoms with Gasteiger partial charge < -0.3 is 0 Å². The predicted octanol–water partition coefficient (Wildman–Crippen LogP) is 8.58. The molecule has 0 saturated carbocycles. The third kappa shape index (κ3) is 6.88. The first-order chi connectivity index (χ1) is 17.3. The van der Waals surface area contributed by atoms with Crippen LogP contribution in [0.2, 0.25) is 0 Å². The van der Waals surface area contributed by atoms with E-state index in [0.717, 1.165) is 11.6 Å². The van der Waals surface area contributed by atoms with Crippen LogP contribution in [0.5, 0.6) is 0 Å². The van der Waals surface area contributed by atoms with Gasteiger partial charge in [0, 0.05) is 17.3 Å². The van der Waals surface area contributed by atoms with E-state index in [0.29, 0.717) is 17.4 Å². The molecular formula is C29H28F3N3S. The molecule has 1 aromatic heterocycles. The van der Waals surface area contributed by atoms with E-state index in [4.69, 9.17) is 0 Å². The molecule has 0 fully saturated rings. The molecule has 4 aromatic rings. The van der Waals surface area contributed by atoms with Gasteiger partial charge in [-0.25, -0.2) is 9.97 Å². The topological polar surface area (TPSA) is 37.8 Å². The second-order valence-electron chi connectivity index (χ2n) is 8.92. The summed E-state index contributed by atoms with van der Waals surface area (Å²) in [5.74, 6) is 1.06. The highest BCUT2D eigenvalue weighted by molar-refractivity contribution is 8.00. The van der Waals surface area contributed by atoms with Gasteiger partial charge in [-0.15, -0.1) is 0 Å². The minimum Gasteiger partial charge on any atom is -0.294 e. The van der Waals surface area contributed by atoms with Crippen LogP contribution in [-0.2, 0) is 19.0 Å². The SMILES string of the molecule is CC(C)c1ccc(-c2cccc(C(F)(F)F)c2)cc1.c1cnc(NSc2ccc3c(c2)CCC3)nc1. The number of nitrogens with zero attached hydrogens (tertiary/aromatic N) is 2. The quantitative estimate of drug-likeness (QED) is 0.275. The van der Waals surface area contributed by atoms with Crippen LogP contribution < -0.4 is 4.72 Å². The maximum atomic E-state index is 12.7. The van der Waals surface area contributed by atoms with Crippen molar-refractivity contribution in [3.05, 3.63) is 107 Å². The molecule has 3 nitrogen and oxygen atoms in total. The van der Waals surface area contributed by atoms with Crippen LogP contribution >= 0.6 is 11.9 Å². The summed E-state index contributed by atoms with van der Waals surface area (Å²) >= 11 is 1.56. The van der Waals surface area contributed by atoms with Crippen LogP contribution in [0.1, 0.15) is 48.4 Å². The molecule has 1 N–H and O–H groups in total. The van der Waals surface area contributed by atoms with Crippen molar-refractivity contribution in [2.45, 2.75) is 50.1 Å². The molecule has 36 heavy (non-hydrogen) atoms. The Morgan fingerprint density at radius 1 is 0.806 bits per heavy atom. The molecule has 0 radical (unpaired) electrons. The van der Waals surface area contributed by atoms with Crippen molar-refractivity contribution in [2.24, 2.45) is 0 Å². The van der Waals surface area contributed by atoms with Crippen molar-refractivity contribution in [2.75, 3.05) is 4.72 Å². The van der Waals surface area contributed by atoms with Gasteiger partial charge >= 0.3 is 6.18 Å². The molecule has 1 aliphatic rings. The Bertz CT molecular complexity index is 1270. The third-order valence-corrected chi connectivity index (χ3v) is 6.77. The number of alkyl halides is 3. The Labute approximate surface area is 214 Å². The lowest BCUT2D eigenvalue weighted by Gasteiger charge is -2.10. The fraction of sp³-hybridized carbons (Fsp3) is 0.241. The van der Waals surface area contributed by atoms with Crippen LogP contribution in [0.15, 0.2) is 90.1 Å². The first kappa shape index (κ1) is 25.8. The van der Waals surface area contributed by atoms with Gasteiger partial charge in [0.2, 0.25) is 5.95 Å². The van der Waals surface area contributed by atoms with Crippen molar-refractivity contribution < 1.29 is 13.2 Å². The van der Waals surface area contributed by atoms with Gasteiger partial charge in [-0.1, -0.05) is 56.3 Å². The Balaban J connectivity index is 0.000000170. The summed E-state index contributed by atoms with van der Waals surface area (Å²) in [7, 11) is 0. The summed E-state index contributed by atoms with van der Waals surface area (Å²) < 4.78 is 41.1. The maximum Gasteiger partial charge on any atom is 0.416 e. The summed E-state index contributed by atoms with van der Waals surface area (Å²) in [6.07, 6.45) is 2.91. The maximum absolute atomic E-state index is 12.7. The highest BCUT2D eigenvalue weighted by Gasteiger charge is 2.30. The molecule has 5 rings (SSSR count). The summed E-state index contributed by atoms with van der Waals surface area (Å²) in [4.78, 5) is 9.47. The van der Waals surface area contributed by atoms with Crippen molar-refractivity contribution >= 4 is 17.9 Å². The average molecular weight is 508 g/mol. The van der Waals surface area contributed by atoms with Gasteiger partial charge in [-0.3, -0.25) is 4.72 Å². The van der Waals surface area contributed by atoms with E-state index < -0.39 is 11.7 Å². The number of hydrogen-bond donors (Lipinski definition) is 1. The Morgan fingerprint density at radius 2 is 1.53 bits per heavy atom. The lowest BCUT2D eigenvalue weighted by atomic mass is 9.98. The molecule has 7 heteroatoms. The largest absolute Gasteiger partial charge is 0.416 e. The number of rotatable bonds is 5. The van der Waals surface area contributed by atoms with Crippen molar-refractivity contribution in [3.63, 3.8) is 0 Å². The molecule has 0 unspecified atom stereocenters. The number of aryl methyl sites for hydroxylation is 2. The Morgan fingerprint density at radius 3 is 2.22 bits per heavy atom. The van der Waals surface area contributed by atoms with Crippen molar-refractivity contribution in [1.82, 2.24) is 9.97 Å². The van der Waals surface area contributed by atoms with Crippen molar-refractivity contribution in [3.8, 4) is 11.1 Å². The molecule has 1 heterocycles. The molecular weight excluding hydrogens is 479 g/mol. The minimum atomic E-state index is -4.30. The first-order valence-electron chi connectivity index (χ1n) is 11.9. The number of fused-ring (bicyclic) bond motifs is 1. The number of halogens is 3. The van der Waals surface area contributed by atoms with E-state index in [1.54, 1.807) is 30.4 Å². The summed E-state index contributed by atoms with van der Waals surface area (Å²) in [6, 6.07) is 21.5. The molecule has 0 saturated heterocycles. The fourth-order valence-corrected chi connectivity index (χ4v) is 4.66. The Kier molecular flexibility index (Phi) is 8.31. The van der Waals surface area contributed by atoms with E-state index in [-0.39, 0.29) is 0 Å². The van der Waals surface area contributed by atoms with Crippen LogP contribution in [0.3, 0.4) is 0 Å². The van der Waals surface area contributed by atoms with E-state index in [1.807, 2.05) is 30.3 Å². The second-order valence-corrected chi connectivity index (χ2v) is 9.80. The van der Waals surface area contributed by atoms with E-state index in [2.05, 4.69) is 46.7 Å². The number of nitrogens with one attached hydrogen (secondary N) is 1.